The Kier molecular flexibility index (Phi) is 6.79. The third-order valence-electron chi connectivity index (χ3n) is 4.82. The van der Waals surface area contributed by atoms with E-state index in [1.165, 1.54) is 22.8 Å². The monoisotopic (exact) mass is 438 g/mol. The second-order valence-electron chi connectivity index (χ2n) is 6.64. The number of hydrogen-bond acceptors (Lipinski definition) is 5. The number of rotatable bonds is 6. The first kappa shape index (κ1) is 21.6. The Labute approximate surface area is 176 Å². The minimum absolute atomic E-state index is 0.0926. The molecule has 0 spiro atoms. The van der Waals surface area contributed by atoms with E-state index >= 15 is 0 Å². The SMILES string of the molecule is COC(=O)c1ccc(OC)c(CN2CCCN(Cc3ccccc3Cl)S2(=O)=O)c1. The number of carbonyl (C=O) groups is 1. The van der Waals surface area contributed by atoms with Crippen LogP contribution in [-0.2, 0) is 28.0 Å². The van der Waals surface area contributed by atoms with Crippen LogP contribution < -0.4 is 4.74 Å². The third kappa shape index (κ3) is 4.72. The van der Waals surface area contributed by atoms with Gasteiger partial charge in [0, 0.05) is 36.8 Å². The number of carbonyl (C=O) groups excluding carboxylic acids is 1. The standard InChI is InChI=1S/C20H23ClN2O5S/c1-27-19-9-8-15(20(24)28-2)12-17(19)14-23-11-5-10-22(29(23,25)26)13-16-6-3-4-7-18(16)21/h3-4,6-9,12H,5,10-11,13-14H2,1-2H3. The zero-order valence-electron chi connectivity index (χ0n) is 16.3. The largest absolute Gasteiger partial charge is 0.496 e. The molecule has 1 heterocycles. The van der Waals surface area contributed by atoms with Crippen LogP contribution in [0.2, 0.25) is 5.02 Å². The zero-order valence-corrected chi connectivity index (χ0v) is 17.9. The number of nitrogens with zero attached hydrogens (tertiary/aromatic N) is 2. The fourth-order valence-electron chi connectivity index (χ4n) is 3.29. The molecule has 0 atom stereocenters. The molecule has 1 aliphatic rings. The lowest BCUT2D eigenvalue weighted by Crippen LogP contribution is -2.48. The molecule has 0 bridgehead atoms. The molecule has 1 fully saturated rings. The van der Waals surface area contributed by atoms with Crippen molar-refractivity contribution in [3.63, 3.8) is 0 Å². The van der Waals surface area contributed by atoms with Crippen LogP contribution in [0.4, 0.5) is 0 Å². The molecule has 1 saturated heterocycles. The zero-order chi connectivity index (χ0) is 21.0. The van der Waals surface area contributed by atoms with E-state index < -0.39 is 16.2 Å². The van der Waals surface area contributed by atoms with Gasteiger partial charge < -0.3 is 9.47 Å². The first-order chi connectivity index (χ1) is 13.9. The van der Waals surface area contributed by atoms with Gasteiger partial charge in [-0.25, -0.2) is 4.79 Å². The van der Waals surface area contributed by atoms with Crippen LogP contribution in [0.1, 0.15) is 27.9 Å². The van der Waals surface area contributed by atoms with Gasteiger partial charge in [0.1, 0.15) is 5.75 Å². The second kappa shape index (κ2) is 9.13. The topological polar surface area (TPSA) is 76.2 Å². The molecule has 0 N–H and O–H groups in total. The summed E-state index contributed by atoms with van der Waals surface area (Å²) in [7, 11) is -0.900. The molecule has 29 heavy (non-hydrogen) atoms. The van der Waals surface area contributed by atoms with Crippen LogP contribution in [0.25, 0.3) is 0 Å². The highest BCUT2D eigenvalue weighted by molar-refractivity contribution is 7.86. The smallest absolute Gasteiger partial charge is 0.337 e. The average Bonchev–Trinajstić information content (AvgIpc) is 2.72. The Morgan fingerprint density at radius 3 is 2.31 bits per heavy atom. The first-order valence-electron chi connectivity index (χ1n) is 9.10. The van der Waals surface area contributed by atoms with Gasteiger partial charge in [-0.3, -0.25) is 0 Å². The maximum atomic E-state index is 13.2. The fourth-order valence-corrected chi connectivity index (χ4v) is 5.14. The van der Waals surface area contributed by atoms with Gasteiger partial charge in [-0.1, -0.05) is 29.8 Å². The fraction of sp³-hybridized carbons (Fsp3) is 0.350. The van der Waals surface area contributed by atoms with E-state index in [9.17, 15) is 13.2 Å². The van der Waals surface area contributed by atoms with Crippen molar-refractivity contribution in [2.75, 3.05) is 27.3 Å². The average molecular weight is 439 g/mol. The minimum atomic E-state index is -3.70. The van der Waals surface area contributed by atoms with Crippen LogP contribution in [0.3, 0.4) is 0 Å². The van der Waals surface area contributed by atoms with E-state index in [2.05, 4.69) is 0 Å². The molecule has 0 saturated carbocycles. The molecule has 0 aromatic heterocycles. The van der Waals surface area contributed by atoms with Crippen LogP contribution in [0, 0.1) is 0 Å². The molecule has 2 aromatic carbocycles. The minimum Gasteiger partial charge on any atom is -0.496 e. The summed E-state index contributed by atoms with van der Waals surface area (Å²) in [5.41, 5.74) is 1.69. The van der Waals surface area contributed by atoms with E-state index in [1.807, 2.05) is 18.2 Å². The Hall–Kier alpha value is -2.13. The summed E-state index contributed by atoms with van der Waals surface area (Å²) in [6.45, 7) is 1.10. The Bertz CT molecular complexity index is 996. The Balaban J connectivity index is 1.86. The number of methoxy groups -OCH3 is 2. The molecule has 0 amide bonds. The Morgan fingerprint density at radius 1 is 1.03 bits per heavy atom. The summed E-state index contributed by atoms with van der Waals surface area (Å²) in [5, 5.41) is 0.535. The van der Waals surface area contributed by atoms with Gasteiger partial charge >= 0.3 is 5.97 Å². The van der Waals surface area contributed by atoms with Crippen molar-refractivity contribution in [1.29, 1.82) is 0 Å². The molecule has 1 aliphatic heterocycles. The van der Waals surface area contributed by atoms with Crippen LogP contribution >= 0.6 is 11.6 Å². The van der Waals surface area contributed by atoms with E-state index in [1.54, 1.807) is 24.3 Å². The van der Waals surface area contributed by atoms with Crippen LogP contribution in [-0.4, -0.2) is 50.3 Å². The number of halogens is 1. The lowest BCUT2D eigenvalue weighted by atomic mass is 10.1. The highest BCUT2D eigenvalue weighted by Crippen LogP contribution is 2.28. The van der Waals surface area contributed by atoms with E-state index in [0.717, 1.165) is 5.56 Å². The lowest BCUT2D eigenvalue weighted by Gasteiger charge is -2.35. The summed E-state index contributed by atoms with van der Waals surface area (Å²) in [4.78, 5) is 11.9. The predicted molar refractivity (Wildman–Crippen MR) is 110 cm³/mol. The molecular formula is C20H23ClN2O5S. The first-order valence-corrected chi connectivity index (χ1v) is 10.9. The Morgan fingerprint density at radius 2 is 1.69 bits per heavy atom. The molecule has 9 heteroatoms. The van der Waals surface area contributed by atoms with Gasteiger partial charge in [0.15, 0.2) is 0 Å². The summed E-state index contributed by atoms with van der Waals surface area (Å²) < 4.78 is 39.3. The number of ether oxygens (including phenoxy) is 2. The lowest BCUT2D eigenvalue weighted by molar-refractivity contribution is 0.0600. The molecular weight excluding hydrogens is 416 g/mol. The summed E-state index contributed by atoms with van der Waals surface area (Å²) in [6.07, 6.45) is 0.683. The summed E-state index contributed by atoms with van der Waals surface area (Å²) in [5.74, 6) is 0.0202. The van der Waals surface area contributed by atoms with Crippen molar-refractivity contribution in [1.82, 2.24) is 8.61 Å². The number of hydrogen-bond donors (Lipinski definition) is 0. The van der Waals surface area contributed by atoms with Crippen LogP contribution in [0.5, 0.6) is 5.75 Å². The molecule has 0 aliphatic carbocycles. The van der Waals surface area contributed by atoms with E-state index in [0.29, 0.717) is 41.4 Å². The van der Waals surface area contributed by atoms with Gasteiger partial charge in [0.2, 0.25) is 0 Å². The van der Waals surface area contributed by atoms with Crippen molar-refractivity contribution in [2.24, 2.45) is 0 Å². The van der Waals surface area contributed by atoms with Gasteiger partial charge in [0.05, 0.1) is 19.8 Å². The summed E-state index contributed by atoms with van der Waals surface area (Å²) >= 11 is 6.21. The maximum absolute atomic E-state index is 13.2. The number of esters is 1. The molecule has 0 radical (unpaired) electrons. The molecule has 0 unspecified atom stereocenters. The number of benzene rings is 2. The van der Waals surface area contributed by atoms with Gasteiger partial charge in [0.25, 0.3) is 10.2 Å². The van der Waals surface area contributed by atoms with Crippen LogP contribution in [0.15, 0.2) is 42.5 Å². The highest BCUT2D eigenvalue weighted by Gasteiger charge is 2.34. The summed E-state index contributed by atoms with van der Waals surface area (Å²) in [6, 6.07) is 12.0. The van der Waals surface area contributed by atoms with Crippen molar-refractivity contribution in [2.45, 2.75) is 19.5 Å². The van der Waals surface area contributed by atoms with Crippen molar-refractivity contribution >= 4 is 27.8 Å². The van der Waals surface area contributed by atoms with Gasteiger partial charge in [-0.15, -0.1) is 0 Å². The molecule has 7 nitrogen and oxygen atoms in total. The van der Waals surface area contributed by atoms with E-state index in [-0.39, 0.29) is 13.1 Å². The van der Waals surface area contributed by atoms with Gasteiger partial charge in [-0.05, 0) is 36.2 Å². The highest BCUT2D eigenvalue weighted by atomic mass is 35.5. The molecule has 156 valence electrons. The predicted octanol–water partition coefficient (Wildman–Crippen LogP) is 3.09. The molecule has 2 aromatic rings. The second-order valence-corrected chi connectivity index (χ2v) is 8.97. The quantitative estimate of drug-likeness (QED) is 0.648. The maximum Gasteiger partial charge on any atom is 0.337 e. The third-order valence-corrected chi connectivity index (χ3v) is 7.12. The van der Waals surface area contributed by atoms with E-state index in [4.69, 9.17) is 21.1 Å². The normalized spacial score (nSPS) is 17.1. The van der Waals surface area contributed by atoms with Crippen molar-refractivity contribution in [3.8, 4) is 5.75 Å². The molecule has 3 rings (SSSR count). The van der Waals surface area contributed by atoms with Crippen molar-refractivity contribution < 1.29 is 22.7 Å². The van der Waals surface area contributed by atoms with Gasteiger partial charge in [-0.2, -0.15) is 17.0 Å². The van der Waals surface area contributed by atoms with Crippen molar-refractivity contribution in [3.05, 3.63) is 64.2 Å².